The van der Waals surface area contributed by atoms with Crippen LogP contribution in [0, 0.1) is 5.92 Å². The number of rotatable bonds is 14. The van der Waals surface area contributed by atoms with Crippen molar-refractivity contribution in [1.82, 2.24) is 20.4 Å². The van der Waals surface area contributed by atoms with Crippen LogP contribution in [0.25, 0.3) is 0 Å². The maximum atomic E-state index is 13.6. The van der Waals surface area contributed by atoms with E-state index in [4.69, 9.17) is 0 Å². The minimum Gasteiger partial charge on any atom is -0.481 e. The SMILES string of the molecule is CCN(CC(=O)N[C@@H](CC(=O)O)C(=O)N(C1CCCCCCC1)[C@@H](C)C(=O)O)C(=O)CCCC1CCNCC1. The zero-order valence-electron chi connectivity index (χ0n) is 23.7. The number of carboxylic acid groups (broad SMARTS) is 2. The van der Waals surface area contributed by atoms with Gasteiger partial charge in [-0.3, -0.25) is 19.2 Å². The van der Waals surface area contributed by atoms with Gasteiger partial charge in [-0.2, -0.15) is 0 Å². The van der Waals surface area contributed by atoms with Crippen LogP contribution in [0.4, 0.5) is 0 Å². The van der Waals surface area contributed by atoms with Crippen LogP contribution in [0.2, 0.25) is 0 Å². The predicted molar refractivity (Wildman–Crippen MR) is 146 cm³/mol. The zero-order valence-corrected chi connectivity index (χ0v) is 23.7. The van der Waals surface area contributed by atoms with Gasteiger partial charge in [0.15, 0.2) is 0 Å². The van der Waals surface area contributed by atoms with Crippen LogP contribution in [-0.2, 0) is 24.0 Å². The Morgan fingerprint density at radius 1 is 0.949 bits per heavy atom. The summed E-state index contributed by atoms with van der Waals surface area (Å²) in [6, 6.07) is -2.93. The fraction of sp³-hybridized carbons (Fsp3) is 0.821. The molecule has 1 saturated carbocycles. The van der Waals surface area contributed by atoms with Crippen LogP contribution in [0.5, 0.6) is 0 Å². The third kappa shape index (κ3) is 11.1. The molecule has 39 heavy (non-hydrogen) atoms. The summed E-state index contributed by atoms with van der Waals surface area (Å²) in [6.07, 6.45) is 9.61. The van der Waals surface area contributed by atoms with Crippen molar-refractivity contribution in [3.63, 3.8) is 0 Å². The van der Waals surface area contributed by atoms with Gasteiger partial charge in [0.25, 0.3) is 0 Å². The van der Waals surface area contributed by atoms with E-state index >= 15 is 0 Å². The number of hydrogen-bond acceptors (Lipinski definition) is 6. The zero-order chi connectivity index (χ0) is 28.8. The van der Waals surface area contributed by atoms with Crippen LogP contribution in [-0.4, -0.2) is 94.0 Å². The Hall–Kier alpha value is -2.69. The second-order valence-electron chi connectivity index (χ2n) is 11.0. The van der Waals surface area contributed by atoms with E-state index in [2.05, 4.69) is 10.6 Å². The molecule has 0 bridgehead atoms. The molecule has 0 radical (unpaired) electrons. The lowest BCUT2D eigenvalue weighted by atomic mass is 9.92. The smallest absolute Gasteiger partial charge is 0.326 e. The molecule has 4 N–H and O–H groups in total. The lowest BCUT2D eigenvalue weighted by Gasteiger charge is -2.38. The highest BCUT2D eigenvalue weighted by Crippen LogP contribution is 2.24. The first-order chi connectivity index (χ1) is 18.6. The van der Waals surface area contributed by atoms with E-state index in [0.717, 1.165) is 70.9 Å². The molecular formula is C28H48N4O7. The van der Waals surface area contributed by atoms with Crippen molar-refractivity contribution in [2.24, 2.45) is 5.92 Å². The topological polar surface area (TPSA) is 156 Å². The van der Waals surface area contributed by atoms with Gasteiger partial charge in [0.1, 0.15) is 12.1 Å². The molecular weight excluding hydrogens is 504 g/mol. The average Bonchev–Trinajstić information content (AvgIpc) is 2.88. The normalized spacial score (nSPS) is 18.7. The third-order valence-electron chi connectivity index (χ3n) is 8.04. The van der Waals surface area contributed by atoms with E-state index in [0.29, 0.717) is 31.7 Å². The van der Waals surface area contributed by atoms with Gasteiger partial charge in [-0.25, -0.2) is 4.79 Å². The minimum atomic E-state index is -1.42. The molecule has 3 amide bonds. The van der Waals surface area contributed by atoms with Gasteiger partial charge in [-0.1, -0.05) is 32.1 Å². The molecule has 0 unspecified atom stereocenters. The van der Waals surface area contributed by atoms with Gasteiger partial charge >= 0.3 is 11.9 Å². The molecule has 2 atom stereocenters. The van der Waals surface area contributed by atoms with E-state index in [1.165, 1.54) is 16.7 Å². The van der Waals surface area contributed by atoms with Gasteiger partial charge in [-0.15, -0.1) is 0 Å². The summed E-state index contributed by atoms with van der Waals surface area (Å²) >= 11 is 0. The number of hydrogen-bond donors (Lipinski definition) is 4. The van der Waals surface area contributed by atoms with Gasteiger partial charge < -0.3 is 30.6 Å². The molecule has 1 aliphatic carbocycles. The fourth-order valence-corrected chi connectivity index (χ4v) is 5.73. The number of carbonyl (C=O) groups excluding carboxylic acids is 3. The molecule has 2 rings (SSSR count). The van der Waals surface area contributed by atoms with E-state index in [-0.39, 0.29) is 18.5 Å². The van der Waals surface area contributed by atoms with E-state index < -0.39 is 42.3 Å². The van der Waals surface area contributed by atoms with E-state index in [1.807, 2.05) is 0 Å². The Labute approximate surface area is 232 Å². The first kappa shape index (κ1) is 32.5. The van der Waals surface area contributed by atoms with E-state index in [9.17, 15) is 34.2 Å². The van der Waals surface area contributed by atoms with Crippen LogP contribution in [0.1, 0.15) is 97.3 Å². The number of nitrogens with zero attached hydrogens (tertiary/aromatic N) is 2. The number of nitrogens with one attached hydrogen (secondary N) is 2. The summed E-state index contributed by atoms with van der Waals surface area (Å²) in [5.74, 6) is -3.35. The summed E-state index contributed by atoms with van der Waals surface area (Å²) < 4.78 is 0. The summed E-state index contributed by atoms with van der Waals surface area (Å²) in [6.45, 7) is 5.20. The lowest BCUT2D eigenvalue weighted by Crippen LogP contribution is -2.58. The number of amides is 3. The maximum absolute atomic E-state index is 13.6. The van der Waals surface area contributed by atoms with Crippen molar-refractivity contribution >= 4 is 29.7 Å². The molecule has 0 aromatic carbocycles. The highest BCUT2D eigenvalue weighted by Gasteiger charge is 2.37. The summed E-state index contributed by atoms with van der Waals surface area (Å²) in [5.41, 5.74) is 0. The van der Waals surface area contributed by atoms with Crippen molar-refractivity contribution in [2.45, 2.75) is 115 Å². The highest BCUT2D eigenvalue weighted by atomic mass is 16.4. The second-order valence-corrected chi connectivity index (χ2v) is 11.0. The highest BCUT2D eigenvalue weighted by molar-refractivity contribution is 5.94. The van der Waals surface area contributed by atoms with Crippen molar-refractivity contribution in [3.05, 3.63) is 0 Å². The number of piperidine rings is 1. The first-order valence-electron chi connectivity index (χ1n) is 14.7. The van der Waals surface area contributed by atoms with Gasteiger partial charge in [0.2, 0.25) is 17.7 Å². The molecule has 0 spiro atoms. The largest absolute Gasteiger partial charge is 0.481 e. The monoisotopic (exact) mass is 552 g/mol. The van der Waals surface area contributed by atoms with Crippen molar-refractivity contribution in [2.75, 3.05) is 26.2 Å². The first-order valence-corrected chi connectivity index (χ1v) is 14.7. The van der Waals surface area contributed by atoms with Crippen molar-refractivity contribution in [3.8, 4) is 0 Å². The summed E-state index contributed by atoms with van der Waals surface area (Å²) in [7, 11) is 0. The van der Waals surface area contributed by atoms with Gasteiger partial charge in [0, 0.05) is 19.0 Å². The lowest BCUT2D eigenvalue weighted by molar-refractivity contribution is -0.154. The Morgan fingerprint density at radius 3 is 2.13 bits per heavy atom. The van der Waals surface area contributed by atoms with Crippen LogP contribution in [0.3, 0.4) is 0 Å². The molecule has 1 heterocycles. The van der Waals surface area contributed by atoms with Gasteiger partial charge in [-0.05, 0) is 71.4 Å². The molecule has 11 heteroatoms. The molecule has 222 valence electrons. The number of likely N-dealkylation sites (N-methyl/N-ethyl adjacent to an activating group) is 1. The second kappa shape index (κ2) is 17.1. The van der Waals surface area contributed by atoms with Crippen LogP contribution >= 0.6 is 0 Å². The maximum Gasteiger partial charge on any atom is 0.326 e. The Kier molecular flexibility index (Phi) is 14.3. The standard InChI is InChI=1S/C28H48N4O7/c1-3-31(25(34)13-9-10-21-14-16-29-17-15-21)19-24(33)30-23(18-26(35)36)27(37)32(20(2)28(38)39)22-11-7-5-4-6-8-12-22/h20-23,29H,3-19H2,1-2H3,(H,30,33)(H,35,36)(H,38,39)/t20-,23-/m0/s1. The number of carboxylic acids is 2. The molecule has 2 aliphatic rings. The fourth-order valence-electron chi connectivity index (χ4n) is 5.73. The molecule has 0 aromatic rings. The number of carbonyl (C=O) groups is 5. The Balaban J connectivity index is 2.05. The molecule has 2 fully saturated rings. The minimum absolute atomic E-state index is 0.154. The summed E-state index contributed by atoms with van der Waals surface area (Å²) in [4.78, 5) is 65.6. The predicted octanol–water partition coefficient (Wildman–Crippen LogP) is 2.38. The quantitative estimate of drug-likeness (QED) is 0.256. The molecule has 11 nitrogen and oxygen atoms in total. The van der Waals surface area contributed by atoms with Gasteiger partial charge in [0.05, 0.1) is 13.0 Å². The Bertz CT molecular complexity index is 823. The summed E-state index contributed by atoms with van der Waals surface area (Å²) in [5, 5.41) is 25.0. The number of aliphatic carboxylic acids is 2. The average molecular weight is 553 g/mol. The third-order valence-corrected chi connectivity index (χ3v) is 8.04. The molecule has 1 aliphatic heterocycles. The molecule has 1 saturated heterocycles. The Morgan fingerprint density at radius 2 is 1.56 bits per heavy atom. The molecule has 0 aromatic heterocycles. The van der Waals surface area contributed by atoms with Crippen molar-refractivity contribution in [1.29, 1.82) is 0 Å². The van der Waals surface area contributed by atoms with Crippen molar-refractivity contribution < 1.29 is 34.2 Å². The van der Waals surface area contributed by atoms with E-state index in [1.54, 1.807) is 6.92 Å². The van der Waals surface area contributed by atoms with Crippen LogP contribution < -0.4 is 10.6 Å². The van der Waals surface area contributed by atoms with Crippen LogP contribution in [0.15, 0.2) is 0 Å².